The van der Waals surface area contributed by atoms with Crippen LogP contribution in [0.1, 0.15) is 33.6 Å². The molecule has 0 bridgehead atoms. The van der Waals surface area contributed by atoms with Crippen molar-refractivity contribution in [1.82, 2.24) is 0 Å². The fourth-order valence-electron chi connectivity index (χ4n) is 1.56. The Morgan fingerprint density at radius 3 is 1.90 bits per heavy atom. The Morgan fingerprint density at radius 1 is 1.10 bits per heavy atom. The zero-order valence-electron chi connectivity index (χ0n) is 7.31. The Balaban J connectivity index is 2.39. The maximum atomic E-state index is 2.38. The van der Waals surface area contributed by atoms with Gasteiger partial charge in [-0.05, 0) is 0 Å². The first-order valence-corrected chi connectivity index (χ1v) is 6.61. The van der Waals surface area contributed by atoms with Gasteiger partial charge < -0.3 is 0 Å². The Morgan fingerprint density at radius 2 is 1.60 bits per heavy atom. The zero-order valence-corrected chi connectivity index (χ0v) is 9.03. The molecule has 0 radical (unpaired) electrons. The minimum atomic E-state index is 0.580. The van der Waals surface area contributed by atoms with Gasteiger partial charge >= 0.3 is 70.5 Å². The van der Waals surface area contributed by atoms with Crippen LogP contribution in [-0.4, -0.2) is 15.0 Å². The molecule has 0 aliphatic carbocycles. The van der Waals surface area contributed by atoms with E-state index in [2.05, 4.69) is 20.8 Å². The monoisotopic (exact) mass is 206 g/mol. The van der Waals surface area contributed by atoms with Crippen LogP contribution in [0.25, 0.3) is 0 Å². The van der Waals surface area contributed by atoms with Crippen LogP contribution < -0.4 is 0 Å². The first-order valence-electron chi connectivity index (χ1n) is 4.18. The summed E-state index contributed by atoms with van der Waals surface area (Å²) in [6, 6.07) is 0. The molecule has 10 heavy (non-hydrogen) atoms. The first kappa shape index (κ1) is 8.61. The summed E-state index contributed by atoms with van der Waals surface area (Å²) in [5.41, 5.74) is 0.580. The summed E-state index contributed by atoms with van der Waals surface area (Å²) in [5, 5.41) is 3.07. The van der Waals surface area contributed by atoms with Gasteiger partial charge in [-0.25, -0.2) is 0 Å². The normalized spacial score (nSPS) is 23.1. The molecule has 0 N–H and O–H groups in total. The Labute approximate surface area is 70.9 Å². The second-order valence-corrected chi connectivity index (χ2v) is 6.82. The van der Waals surface area contributed by atoms with Gasteiger partial charge in [0.1, 0.15) is 0 Å². The van der Waals surface area contributed by atoms with Crippen LogP contribution in [0.15, 0.2) is 0 Å². The molecule has 60 valence electrons. The average molecular weight is 205 g/mol. The van der Waals surface area contributed by atoms with Gasteiger partial charge in [0, 0.05) is 0 Å². The standard InChI is InChI=1S/C9H18Se/c1-9(2,3)8-4-6-10-7-5-8/h8H,4-7H2,1-3H3. The van der Waals surface area contributed by atoms with Gasteiger partial charge in [-0.1, -0.05) is 0 Å². The molecule has 0 atom stereocenters. The summed E-state index contributed by atoms with van der Waals surface area (Å²) in [7, 11) is 0. The third kappa shape index (κ3) is 2.29. The molecule has 0 nitrogen and oxygen atoms in total. The van der Waals surface area contributed by atoms with Crippen molar-refractivity contribution in [2.45, 2.75) is 44.3 Å². The van der Waals surface area contributed by atoms with Crippen molar-refractivity contribution in [1.29, 1.82) is 0 Å². The molecular weight excluding hydrogens is 187 g/mol. The predicted molar refractivity (Wildman–Crippen MR) is 47.5 cm³/mol. The van der Waals surface area contributed by atoms with Gasteiger partial charge in [-0.2, -0.15) is 0 Å². The third-order valence-corrected chi connectivity index (χ3v) is 4.65. The molecule has 0 aromatic heterocycles. The van der Waals surface area contributed by atoms with E-state index in [1.54, 1.807) is 0 Å². The SMILES string of the molecule is CC(C)(C)C1CC[Se]CC1. The van der Waals surface area contributed by atoms with Crippen molar-refractivity contribution in [3.63, 3.8) is 0 Å². The molecular formula is C9H18Se. The fraction of sp³-hybridized carbons (Fsp3) is 1.00. The average Bonchev–Trinajstić information content (AvgIpc) is 1.88. The molecule has 1 heterocycles. The van der Waals surface area contributed by atoms with E-state index in [-0.39, 0.29) is 0 Å². The van der Waals surface area contributed by atoms with Crippen molar-refractivity contribution in [3.05, 3.63) is 0 Å². The molecule has 0 aromatic carbocycles. The molecule has 1 saturated heterocycles. The summed E-state index contributed by atoms with van der Waals surface area (Å²) in [4.78, 5) is 0. The Kier molecular flexibility index (Phi) is 2.82. The summed E-state index contributed by atoms with van der Waals surface area (Å²) in [6.07, 6.45) is 3.01. The van der Waals surface area contributed by atoms with Crippen LogP contribution in [0, 0.1) is 11.3 Å². The van der Waals surface area contributed by atoms with E-state index in [9.17, 15) is 0 Å². The van der Waals surface area contributed by atoms with E-state index in [0.717, 1.165) is 20.9 Å². The topological polar surface area (TPSA) is 0 Å². The molecule has 1 aliphatic heterocycles. The number of hydrogen-bond donors (Lipinski definition) is 0. The van der Waals surface area contributed by atoms with E-state index in [1.165, 1.54) is 23.5 Å². The molecule has 1 heteroatoms. The first-order chi connectivity index (χ1) is 4.61. The van der Waals surface area contributed by atoms with Crippen LogP contribution in [0.3, 0.4) is 0 Å². The molecule has 1 aliphatic rings. The summed E-state index contributed by atoms with van der Waals surface area (Å²) in [6.45, 7) is 7.15. The molecule has 0 spiro atoms. The quantitative estimate of drug-likeness (QED) is 0.533. The Bertz CT molecular complexity index is 95.8. The second kappa shape index (κ2) is 3.28. The van der Waals surface area contributed by atoms with Gasteiger partial charge in [0.25, 0.3) is 0 Å². The molecule has 1 rings (SSSR count). The van der Waals surface area contributed by atoms with Crippen molar-refractivity contribution in [2.24, 2.45) is 11.3 Å². The molecule has 0 unspecified atom stereocenters. The molecule has 0 saturated carbocycles. The molecule has 0 aromatic rings. The van der Waals surface area contributed by atoms with Crippen LogP contribution in [0.5, 0.6) is 0 Å². The van der Waals surface area contributed by atoms with E-state index in [0.29, 0.717) is 5.41 Å². The van der Waals surface area contributed by atoms with Gasteiger partial charge in [0.05, 0.1) is 0 Å². The van der Waals surface area contributed by atoms with Crippen molar-refractivity contribution in [3.8, 4) is 0 Å². The Hall–Kier alpha value is 0.519. The van der Waals surface area contributed by atoms with Gasteiger partial charge in [0.15, 0.2) is 0 Å². The maximum absolute atomic E-state index is 2.38. The second-order valence-electron chi connectivity index (χ2n) is 4.25. The zero-order chi connectivity index (χ0) is 7.61. The summed E-state index contributed by atoms with van der Waals surface area (Å²) in [5.74, 6) is 1.02. The van der Waals surface area contributed by atoms with Gasteiger partial charge in [0.2, 0.25) is 0 Å². The fourth-order valence-corrected chi connectivity index (χ4v) is 3.89. The van der Waals surface area contributed by atoms with Crippen LogP contribution in [-0.2, 0) is 0 Å². The summed E-state index contributed by atoms with van der Waals surface area (Å²) < 4.78 is 0. The van der Waals surface area contributed by atoms with Crippen LogP contribution in [0.4, 0.5) is 0 Å². The van der Waals surface area contributed by atoms with Crippen molar-refractivity contribution >= 4 is 15.0 Å². The number of hydrogen-bond acceptors (Lipinski definition) is 0. The number of rotatable bonds is 0. The van der Waals surface area contributed by atoms with Crippen LogP contribution >= 0.6 is 0 Å². The third-order valence-electron chi connectivity index (χ3n) is 2.45. The predicted octanol–water partition coefficient (Wildman–Crippen LogP) is 2.98. The molecule has 0 amide bonds. The van der Waals surface area contributed by atoms with E-state index in [1.807, 2.05) is 0 Å². The van der Waals surface area contributed by atoms with E-state index < -0.39 is 0 Å². The molecule has 1 fully saturated rings. The summed E-state index contributed by atoms with van der Waals surface area (Å²) >= 11 is 1.00. The minimum absolute atomic E-state index is 0.580. The van der Waals surface area contributed by atoms with Crippen LogP contribution in [0.2, 0.25) is 10.6 Å². The van der Waals surface area contributed by atoms with Crippen molar-refractivity contribution < 1.29 is 0 Å². The van der Waals surface area contributed by atoms with E-state index >= 15 is 0 Å². The van der Waals surface area contributed by atoms with Gasteiger partial charge in [-0.3, -0.25) is 0 Å². The van der Waals surface area contributed by atoms with Gasteiger partial charge in [-0.15, -0.1) is 0 Å². The van der Waals surface area contributed by atoms with E-state index in [4.69, 9.17) is 0 Å². The van der Waals surface area contributed by atoms with Crippen molar-refractivity contribution in [2.75, 3.05) is 0 Å².